The zero-order valence-corrected chi connectivity index (χ0v) is 25.8. The highest BCUT2D eigenvalue weighted by Gasteiger charge is 2.53. The zero-order valence-electron chi connectivity index (χ0n) is 19.4. The Morgan fingerprint density at radius 3 is 1.42 bits per heavy atom. The van der Waals surface area contributed by atoms with E-state index in [4.69, 9.17) is 11.5 Å². The van der Waals surface area contributed by atoms with Crippen molar-refractivity contribution in [1.82, 2.24) is 40.5 Å². The number of carbonyl (C=O) groups is 2. The van der Waals surface area contributed by atoms with E-state index in [1.807, 2.05) is 0 Å². The average molecular weight is 778 g/mol. The van der Waals surface area contributed by atoms with Gasteiger partial charge in [0.15, 0.2) is 11.9 Å². The summed E-state index contributed by atoms with van der Waals surface area (Å²) in [4.78, 5) is 46.4. The first kappa shape index (κ1) is 27.0. The molecule has 0 aromatic carbocycles. The number of halogens is 4. The van der Waals surface area contributed by atoms with E-state index in [1.165, 1.54) is 0 Å². The summed E-state index contributed by atoms with van der Waals surface area (Å²) >= 11 is 13.5. The second-order valence-corrected chi connectivity index (χ2v) is 12.2. The van der Waals surface area contributed by atoms with Crippen LogP contribution in [-0.2, 0) is 0 Å². The van der Waals surface area contributed by atoms with Gasteiger partial charge in [0.05, 0.1) is 30.5 Å². The highest BCUT2D eigenvalue weighted by Crippen LogP contribution is 2.56. The summed E-state index contributed by atoms with van der Waals surface area (Å²) in [5, 5.41) is 6.05. The Balaban J connectivity index is 1.40. The first-order valence-electron chi connectivity index (χ1n) is 11.4. The molecule has 0 bridgehead atoms. The van der Waals surface area contributed by atoms with Gasteiger partial charge in [-0.15, -0.1) is 0 Å². The number of hydrogen-bond acceptors (Lipinski definition) is 6. The molecule has 0 radical (unpaired) electrons. The van der Waals surface area contributed by atoms with Crippen LogP contribution in [0, 0.1) is 11.8 Å². The van der Waals surface area contributed by atoms with E-state index in [0.717, 1.165) is 20.3 Å². The van der Waals surface area contributed by atoms with Crippen LogP contribution in [0.25, 0.3) is 0 Å². The van der Waals surface area contributed by atoms with Crippen LogP contribution in [0.5, 0.6) is 0 Å². The van der Waals surface area contributed by atoms with Crippen molar-refractivity contribution in [2.75, 3.05) is 24.6 Å². The molecule has 1 fully saturated rings. The Kier molecular flexibility index (Phi) is 7.75. The van der Waals surface area contributed by atoms with Crippen molar-refractivity contribution in [1.29, 1.82) is 0 Å². The molecule has 5 rings (SSSR count). The molecule has 4 aromatic rings. The molecule has 12 nitrogen and oxygen atoms in total. The Morgan fingerprint density at radius 1 is 0.737 bits per heavy atom. The Labute approximate surface area is 249 Å². The lowest BCUT2D eigenvalue weighted by Crippen LogP contribution is -2.53. The van der Waals surface area contributed by atoms with Gasteiger partial charge in [0.25, 0.3) is 11.8 Å². The van der Waals surface area contributed by atoms with Gasteiger partial charge in [0.1, 0.15) is 11.4 Å². The molecule has 4 heterocycles. The third kappa shape index (κ3) is 5.31. The summed E-state index contributed by atoms with van der Waals surface area (Å²) in [5.74, 6) is -0.252. The van der Waals surface area contributed by atoms with Gasteiger partial charge >= 0.3 is 0 Å². The van der Waals surface area contributed by atoms with Crippen molar-refractivity contribution in [2.24, 2.45) is 11.8 Å². The number of amides is 2. The molecule has 4 aromatic heterocycles. The molecule has 1 aliphatic carbocycles. The van der Waals surface area contributed by atoms with E-state index in [1.54, 1.807) is 24.5 Å². The number of aromatic nitrogens is 6. The minimum atomic E-state index is -0.252. The van der Waals surface area contributed by atoms with Crippen molar-refractivity contribution >= 4 is 87.4 Å². The van der Waals surface area contributed by atoms with Crippen LogP contribution in [0.3, 0.4) is 0 Å². The van der Waals surface area contributed by atoms with Crippen LogP contribution in [0.1, 0.15) is 44.2 Å². The van der Waals surface area contributed by atoms with E-state index < -0.39 is 0 Å². The smallest absolute Gasteiger partial charge is 0.267 e. The van der Waals surface area contributed by atoms with Gasteiger partial charge in [-0.25, -0.2) is 9.97 Å². The number of aromatic amines is 4. The normalized spacial score (nSPS) is 20.7. The number of rotatable bonds is 8. The number of nitrogens with one attached hydrogen (secondary N) is 6. The van der Waals surface area contributed by atoms with E-state index in [-0.39, 0.29) is 35.5 Å². The largest absolute Gasteiger partial charge is 0.369 e. The Hall–Kier alpha value is -2.56. The minimum Gasteiger partial charge on any atom is -0.369 e. The molecule has 4 atom stereocenters. The third-order valence-electron chi connectivity index (χ3n) is 6.74. The second-order valence-electron chi connectivity index (χ2n) is 8.94. The fraction of sp³-hybridized carbons (Fsp3) is 0.273. The van der Waals surface area contributed by atoms with Gasteiger partial charge in [0, 0.05) is 36.3 Å². The molecule has 0 spiro atoms. The highest BCUT2D eigenvalue weighted by atomic mass is 79.9. The van der Waals surface area contributed by atoms with Gasteiger partial charge in [-0.3, -0.25) is 9.59 Å². The fourth-order valence-corrected chi connectivity index (χ4v) is 6.34. The maximum absolute atomic E-state index is 12.9. The number of nitrogens with zero attached hydrogens (tertiary/aromatic N) is 2. The van der Waals surface area contributed by atoms with Gasteiger partial charge in [-0.05, 0) is 87.7 Å². The average Bonchev–Trinajstić information content (AvgIpc) is 3.63. The van der Waals surface area contributed by atoms with Crippen molar-refractivity contribution in [3.05, 3.63) is 65.5 Å². The lowest BCUT2D eigenvalue weighted by atomic mass is 9.54. The van der Waals surface area contributed by atoms with Crippen LogP contribution in [0.2, 0.25) is 0 Å². The summed E-state index contributed by atoms with van der Waals surface area (Å²) in [5.41, 5.74) is 14.3. The van der Waals surface area contributed by atoms with Crippen LogP contribution in [0.15, 0.2) is 42.7 Å². The molecule has 10 N–H and O–H groups in total. The Morgan fingerprint density at radius 2 is 1.13 bits per heavy atom. The number of carbonyl (C=O) groups excluding carboxylic acids is 2. The maximum Gasteiger partial charge on any atom is 0.267 e. The molecule has 0 aliphatic heterocycles. The first-order valence-corrected chi connectivity index (χ1v) is 14.5. The molecule has 1 aliphatic rings. The molecule has 38 heavy (non-hydrogen) atoms. The summed E-state index contributed by atoms with van der Waals surface area (Å²) in [6.07, 6.45) is 3.40. The quantitative estimate of drug-likeness (QED) is 0.133. The molecule has 1 unspecified atom stereocenters. The standard InChI is InChI=1S/C22H22Br4N10O2/c23-9-1-11(33-17(9)25)19(37)29-3-7-8(4-30-20(38)12-2-10(24)18(26)34-12)16(14-6-32-22(28)36-14)15(7)13-5-31-21(27)35-13/h1-2,5-8,15-16,33-34H,3-4H2,(H,29,37)(H,30,38)(H3,27,31,35)(H3,28,32,36)/t7-,8-,15-,16?/m1/s1. The van der Waals surface area contributed by atoms with Crippen molar-refractivity contribution in [2.45, 2.75) is 11.8 Å². The highest BCUT2D eigenvalue weighted by molar-refractivity contribution is 9.13. The van der Waals surface area contributed by atoms with Crippen LogP contribution in [-0.4, -0.2) is 54.8 Å². The van der Waals surface area contributed by atoms with Gasteiger partial charge in [-0.2, -0.15) is 0 Å². The van der Waals surface area contributed by atoms with E-state index in [2.05, 4.69) is 104 Å². The summed E-state index contributed by atoms with van der Waals surface area (Å²) in [6, 6.07) is 3.40. The summed E-state index contributed by atoms with van der Waals surface area (Å²) < 4.78 is 2.85. The van der Waals surface area contributed by atoms with Gasteiger partial charge in [-0.1, -0.05) is 0 Å². The lowest BCUT2D eigenvalue weighted by Gasteiger charge is -2.51. The first-order chi connectivity index (χ1) is 18.1. The molecule has 16 heteroatoms. The number of nitrogen functional groups attached to an aromatic ring is 2. The maximum atomic E-state index is 12.9. The minimum absolute atomic E-state index is 0.0717. The van der Waals surface area contributed by atoms with Crippen molar-refractivity contribution < 1.29 is 9.59 Å². The van der Waals surface area contributed by atoms with Crippen molar-refractivity contribution in [3.8, 4) is 0 Å². The van der Waals surface area contributed by atoms with Crippen LogP contribution >= 0.6 is 63.7 Å². The predicted octanol–water partition coefficient (Wildman–Crippen LogP) is 3.98. The van der Waals surface area contributed by atoms with Crippen LogP contribution < -0.4 is 22.1 Å². The topological polar surface area (TPSA) is 199 Å². The van der Waals surface area contributed by atoms with Crippen molar-refractivity contribution in [3.63, 3.8) is 0 Å². The number of imidazole rings is 2. The predicted molar refractivity (Wildman–Crippen MR) is 156 cm³/mol. The number of nitrogens with two attached hydrogens (primary N) is 2. The number of H-pyrrole nitrogens is 4. The molecule has 200 valence electrons. The monoisotopic (exact) mass is 774 g/mol. The van der Waals surface area contributed by atoms with Gasteiger partial charge < -0.3 is 42.0 Å². The fourth-order valence-electron chi connectivity index (χ4n) is 5.03. The molecule has 0 saturated heterocycles. The molecular formula is C22H22Br4N10O2. The van der Waals surface area contributed by atoms with Crippen LogP contribution in [0.4, 0.5) is 11.9 Å². The Bertz CT molecular complexity index is 1340. The van der Waals surface area contributed by atoms with E-state index >= 15 is 0 Å². The van der Waals surface area contributed by atoms with E-state index in [0.29, 0.717) is 45.6 Å². The van der Waals surface area contributed by atoms with E-state index in [9.17, 15) is 9.59 Å². The molecular weight excluding hydrogens is 756 g/mol. The number of anilines is 2. The molecule has 2 amide bonds. The second kappa shape index (κ2) is 10.9. The lowest BCUT2D eigenvalue weighted by molar-refractivity contribution is 0.0674. The SMILES string of the molecule is Nc1ncc(C2[C@@H](c3cnc(N)[nH]3)[C@H](CNC(=O)c3cc(Br)c(Br)[nH]3)[C@H]2CNC(=O)c2cc(Br)c(Br)[nH]2)[nH]1. The summed E-state index contributed by atoms with van der Waals surface area (Å²) in [6.45, 7) is 0.688. The molecule has 1 saturated carbocycles. The zero-order chi connectivity index (χ0) is 27.1. The summed E-state index contributed by atoms with van der Waals surface area (Å²) in [7, 11) is 0. The third-order valence-corrected chi connectivity index (χ3v) is 10.3. The number of hydrogen-bond donors (Lipinski definition) is 8. The van der Waals surface area contributed by atoms with Gasteiger partial charge in [0.2, 0.25) is 0 Å².